The number of nitrogens with two attached hydrogens (primary N) is 1. The minimum Gasteiger partial charge on any atom is -0.326 e. The highest BCUT2D eigenvalue weighted by Gasteiger charge is 2.33. The first-order valence-electron chi connectivity index (χ1n) is 10.2. The second-order valence-corrected chi connectivity index (χ2v) is 7.24. The fourth-order valence-corrected chi connectivity index (χ4v) is 3.32. The molecule has 0 saturated heterocycles. The number of rotatable bonds is 5. The Morgan fingerprint density at radius 3 is 2.41 bits per heavy atom. The quantitative estimate of drug-likeness (QED) is 0.723. The van der Waals surface area contributed by atoms with E-state index in [1.807, 2.05) is 43.3 Å². The zero-order valence-corrected chi connectivity index (χ0v) is 17.4. The van der Waals surface area contributed by atoms with Crippen molar-refractivity contribution in [3.8, 4) is 0 Å². The van der Waals surface area contributed by atoms with Gasteiger partial charge in [0.15, 0.2) is 0 Å². The number of carbonyl (C=O) groups is 1. The summed E-state index contributed by atoms with van der Waals surface area (Å²) in [5.74, 6) is -1.19. The van der Waals surface area contributed by atoms with Crippen LogP contribution in [0.1, 0.15) is 57.2 Å². The van der Waals surface area contributed by atoms with Crippen LogP contribution in [0.15, 0.2) is 54.6 Å². The zero-order chi connectivity index (χ0) is 21.4. The van der Waals surface area contributed by atoms with E-state index in [4.69, 9.17) is 5.73 Å². The van der Waals surface area contributed by atoms with Gasteiger partial charge < -0.3 is 10.6 Å². The Balaban J connectivity index is 0.000000941. The number of carbonyl (C=O) groups excluding carboxylic acids is 1. The third kappa shape index (κ3) is 5.73. The molecule has 3 rings (SSSR count). The molecule has 2 aromatic rings. The molecule has 0 saturated carbocycles. The normalized spacial score (nSPS) is 16.7. The summed E-state index contributed by atoms with van der Waals surface area (Å²) >= 11 is 0. The standard InChI is InChI=1S/C21H22F2N2O.C3H8/c1-2-6-19(24)21(26)25-13-15(17-12-16(22)9-10-18(17)23)11-20(25)14-7-4-3-5-8-14;1-3-2/h3-5,7-12,19-20H,2,6,13,24H2,1H3;3H2,1-2H3/t19?,20-;/m0./s1. The maximum absolute atomic E-state index is 14.2. The Morgan fingerprint density at radius 2 is 1.79 bits per heavy atom. The van der Waals surface area contributed by atoms with E-state index in [-0.39, 0.29) is 24.1 Å². The summed E-state index contributed by atoms with van der Waals surface area (Å²) in [5.41, 5.74) is 7.73. The maximum Gasteiger partial charge on any atom is 0.240 e. The summed E-state index contributed by atoms with van der Waals surface area (Å²) < 4.78 is 27.8. The number of amides is 1. The average Bonchev–Trinajstić information content (AvgIpc) is 3.16. The number of benzene rings is 2. The van der Waals surface area contributed by atoms with Crippen LogP contribution in [0, 0.1) is 11.6 Å². The molecule has 1 heterocycles. The van der Waals surface area contributed by atoms with Gasteiger partial charge in [0, 0.05) is 12.1 Å². The van der Waals surface area contributed by atoms with Crippen LogP contribution in [0.4, 0.5) is 8.78 Å². The van der Waals surface area contributed by atoms with Crippen LogP contribution < -0.4 is 5.73 Å². The SMILES string of the molecule is CCC.CCCC(N)C(=O)N1CC(c2cc(F)ccc2F)=C[C@H]1c1ccccc1. The van der Waals surface area contributed by atoms with Gasteiger partial charge >= 0.3 is 0 Å². The second-order valence-electron chi connectivity index (χ2n) is 7.24. The van der Waals surface area contributed by atoms with Gasteiger partial charge in [0.2, 0.25) is 5.91 Å². The lowest BCUT2D eigenvalue weighted by Crippen LogP contribution is -2.43. The summed E-state index contributed by atoms with van der Waals surface area (Å²) in [4.78, 5) is 14.5. The van der Waals surface area contributed by atoms with Crippen LogP contribution in [0.3, 0.4) is 0 Å². The lowest BCUT2D eigenvalue weighted by molar-refractivity contribution is -0.133. The molecule has 156 valence electrons. The second kappa shape index (κ2) is 10.9. The van der Waals surface area contributed by atoms with E-state index in [2.05, 4.69) is 13.8 Å². The Labute approximate surface area is 172 Å². The van der Waals surface area contributed by atoms with Gasteiger partial charge in [0.1, 0.15) is 11.6 Å². The molecule has 3 nitrogen and oxygen atoms in total. The zero-order valence-electron chi connectivity index (χ0n) is 17.4. The summed E-state index contributed by atoms with van der Waals surface area (Å²) in [5, 5.41) is 0. The van der Waals surface area contributed by atoms with Crippen LogP contribution >= 0.6 is 0 Å². The van der Waals surface area contributed by atoms with Crippen LogP contribution in [0.5, 0.6) is 0 Å². The lowest BCUT2D eigenvalue weighted by Gasteiger charge is -2.28. The number of nitrogens with zero attached hydrogens (tertiary/aromatic N) is 1. The van der Waals surface area contributed by atoms with E-state index in [0.717, 1.165) is 24.1 Å². The topological polar surface area (TPSA) is 46.3 Å². The fourth-order valence-electron chi connectivity index (χ4n) is 3.32. The highest BCUT2D eigenvalue weighted by atomic mass is 19.1. The van der Waals surface area contributed by atoms with Crippen molar-refractivity contribution >= 4 is 11.5 Å². The summed E-state index contributed by atoms with van der Waals surface area (Å²) in [6.45, 7) is 6.42. The minimum atomic E-state index is -0.601. The van der Waals surface area contributed by atoms with Crippen molar-refractivity contribution in [2.75, 3.05) is 6.54 Å². The monoisotopic (exact) mass is 400 g/mol. The molecule has 2 atom stereocenters. The van der Waals surface area contributed by atoms with Gasteiger partial charge in [-0.25, -0.2) is 8.78 Å². The smallest absolute Gasteiger partial charge is 0.240 e. The van der Waals surface area contributed by atoms with E-state index in [9.17, 15) is 13.6 Å². The van der Waals surface area contributed by atoms with Gasteiger partial charge in [-0.05, 0) is 35.8 Å². The van der Waals surface area contributed by atoms with Crippen molar-refractivity contribution in [3.63, 3.8) is 0 Å². The first kappa shape index (κ1) is 22.8. The average molecular weight is 401 g/mol. The lowest BCUT2D eigenvalue weighted by atomic mass is 10.0. The van der Waals surface area contributed by atoms with E-state index in [1.165, 1.54) is 12.5 Å². The van der Waals surface area contributed by atoms with E-state index < -0.39 is 17.7 Å². The number of hydrogen-bond donors (Lipinski definition) is 1. The molecule has 1 amide bonds. The summed E-state index contributed by atoms with van der Waals surface area (Å²) in [6, 6.07) is 11.9. The Hall–Kier alpha value is -2.53. The molecule has 0 bridgehead atoms. The van der Waals surface area contributed by atoms with Crippen molar-refractivity contribution in [2.24, 2.45) is 5.73 Å². The van der Waals surface area contributed by atoms with E-state index in [1.54, 1.807) is 4.90 Å². The molecule has 1 aliphatic heterocycles. The van der Waals surface area contributed by atoms with E-state index in [0.29, 0.717) is 12.0 Å². The first-order valence-corrected chi connectivity index (χ1v) is 10.2. The highest BCUT2D eigenvalue weighted by molar-refractivity contribution is 5.86. The minimum absolute atomic E-state index is 0.177. The molecular weight excluding hydrogens is 370 g/mol. The molecule has 0 spiro atoms. The van der Waals surface area contributed by atoms with Crippen molar-refractivity contribution in [1.82, 2.24) is 4.90 Å². The molecular formula is C24H30F2N2O. The van der Waals surface area contributed by atoms with Gasteiger partial charge in [-0.15, -0.1) is 0 Å². The predicted octanol–water partition coefficient (Wildman–Crippen LogP) is 5.48. The molecule has 0 aliphatic carbocycles. The molecule has 1 aliphatic rings. The predicted molar refractivity (Wildman–Crippen MR) is 114 cm³/mol. The molecule has 1 unspecified atom stereocenters. The van der Waals surface area contributed by atoms with Crippen molar-refractivity contribution in [2.45, 2.75) is 52.1 Å². The van der Waals surface area contributed by atoms with Crippen LogP contribution in [0.25, 0.3) is 5.57 Å². The molecule has 0 fully saturated rings. The van der Waals surface area contributed by atoms with Crippen molar-refractivity contribution in [1.29, 1.82) is 0 Å². The summed E-state index contributed by atoms with van der Waals surface area (Å²) in [7, 11) is 0. The van der Waals surface area contributed by atoms with Gasteiger partial charge in [0.05, 0.1) is 12.1 Å². The van der Waals surface area contributed by atoms with Crippen LogP contribution in [0.2, 0.25) is 0 Å². The Bertz CT molecular complexity index is 836. The first-order chi connectivity index (χ1) is 13.9. The summed E-state index contributed by atoms with van der Waals surface area (Å²) in [6.07, 6.45) is 4.46. The molecule has 0 aromatic heterocycles. The van der Waals surface area contributed by atoms with E-state index >= 15 is 0 Å². The molecule has 5 heteroatoms. The Kier molecular flexibility index (Phi) is 8.52. The third-order valence-electron chi connectivity index (χ3n) is 4.65. The largest absolute Gasteiger partial charge is 0.326 e. The third-order valence-corrected chi connectivity index (χ3v) is 4.65. The van der Waals surface area contributed by atoms with Gasteiger partial charge in [0.25, 0.3) is 0 Å². The van der Waals surface area contributed by atoms with Gasteiger partial charge in [-0.3, -0.25) is 4.79 Å². The van der Waals surface area contributed by atoms with Gasteiger partial charge in [-0.2, -0.15) is 0 Å². The number of halogens is 2. The fraction of sp³-hybridized carbons (Fsp3) is 0.375. The molecule has 2 aromatic carbocycles. The highest BCUT2D eigenvalue weighted by Crippen LogP contribution is 2.36. The van der Waals surface area contributed by atoms with Crippen LogP contribution in [-0.2, 0) is 4.79 Å². The Morgan fingerprint density at radius 1 is 1.14 bits per heavy atom. The molecule has 0 radical (unpaired) electrons. The maximum atomic E-state index is 14.2. The molecule has 29 heavy (non-hydrogen) atoms. The van der Waals surface area contributed by atoms with Crippen molar-refractivity contribution in [3.05, 3.63) is 77.4 Å². The van der Waals surface area contributed by atoms with Crippen molar-refractivity contribution < 1.29 is 13.6 Å². The molecule has 2 N–H and O–H groups in total. The van der Waals surface area contributed by atoms with Gasteiger partial charge in [-0.1, -0.05) is 70.0 Å². The van der Waals surface area contributed by atoms with Crippen LogP contribution in [-0.4, -0.2) is 23.4 Å². The number of hydrogen-bond acceptors (Lipinski definition) is 2.